The summed E-state index contributed by atoms with van der Waals surface area (Å²) in [5, 5.41) is 0. The predicted molar refractivity (Wildman–Crippen MR) is 61.8 cm³/mol. The molecule has 2 heterocycles. The molecule has 16 heavy (non-hydrogen) atoms. The molecule has 2 saturated heterocycles. The van der Waals surface area contributed by atoms with Crippen molar-refractivity contribution < 1.29 is 9.53 Å². The maximum absolute atomic E-state index is 11.8. The van der Waals surface area contributed by atoms with Crippen LogP contribution < -0.4 is 0 Å². The van der Waals surface area contributed by atoms with Crippen LogP contribution in [0.3, 0.4) is 0 Å². The van der Waals surface area contributed by atoms with E-state index < -0.39 is 0 Å². The number of ketones is 1. The smallest absolute Gasteiger partial charge is 0.210 e. The Morgan fingerprint density at radius 3 is 2.50 bits per heavy atom. The van der Waals surface area contributed by atoms with Gasteiger partial charge in [0.1, 0.15) is 0 Å². The molecule has 0 unspecified atom stereocenters. The molecule has 0 radical (unpaired) electrons. The Balaban J connectivity index is 1.82. The Hall–Kier alpha value is -1.01. The van der Waals surface area contributed by atoms with Gasteiger partial charge in [-0.2, -0.15) is 0 Å². The van der Waals surface area contributed by atoms with Gasteiger partial charge in [0.05, 0.1) is 0 Å². The molecule has 2 rings (SSSR count). The second kappa shape index (κ2) is 5.91. The first-order valence-electron chi connectivity index (χ1n) is 6.24. The van der Waals surface area contributed by atoms with Crippen molar-refractivity contribution in [3.8, 4) is 12.0 Å². The lowest BCUT2D eigenvalue weighted by Gasteiger charge is -2.22. The highest BCUT2D eigenvalue weighted by atomic mass is 16.5. The van der Waals surface area contributed by atoms with Crippen molar-refractivity contribution in [1.29, 1.82) is 0 Å². The molecule has 0 atom stereocenters. The highest BCUT2D eigenvalue weighted by molar-refractivity contribution is 5.97. The van der Waals surface area contributed by atoms with Crippen LogP contribution in [0.15, 0.2) is 0 Å². The summed E-state index contributed by atoms with van der Waals surface area (Å²) in [6, 6.07) is 3.01. The third-order valence-electron chi connectivity index (χ3n) is 3.29. The van der Waals surface area contributed by atoms with Crippen LogP contribution in [0, 0.1) is 17.9 Å². The maximum atomic E-state index is 11.8. The average molecular weight is 221 g/mol. The Bertz CT molecular complexity index is 291. The topological polar surface area (TPSA) is 29.5 Å². The van der Waals surface area contributed by atoms with E-state index in [9.17, 15) is 4.79 Å². The van der Waals surface area contributed by atoms with Gasteiger partial charge in [-0.25, -0.2) is 0 Å². The quantitative estimate of drug-likeness (QED) is 0.627. The van der Waals surface area contributed by atoms with Gasteiger partial charge in [0.25, 0.3) is 0 Å². The number of nitrogens with zero attached hydrogens (tertiary/aromatic N) is 1. The normalized spacial score (nSPS) is 22.4. The first kappa shape index (κ1) is 11.5. The number of hydrogen-bond acceptors (Lipinski definition) is 3. The molecule has 0 spiro atoms. The van der Waals surface area contributed by atoms with Gasteiger partial charge in [0.2, 0.25) is 5.78 Å². The first-order chi connectivity index (χ1) is 7.86. The number of carbonyl (C=O) groups is 1. The van der Waals surface area contributed by atoms with E-state index in [4.69, 9.17) is 4.74 Å². The molecule has 88 valence electrons. The minimum atomic E-state index is 0.105. The average Bonchev–Trinajstić information content (AvgIpc) is 2.38. The molecule has 0 amide bonds. The molecule has 0 aromatic rings. The fourth-order valence-electron chi connectivity index (χ4n) is 2.20. The summed E-state index contributed by atoms with van der Waals surface area (Å²) < 4.78 is 5.23. The Kier molecular flexibility index (Phi) is 4.24. The fraction of sp³-hybridized carbons (Fsp3) is 0.769. The zero-order chi connectivity index (χ0) is 11.2. The minimum Gasteiger partial charge on any atom is -0.381 e. The Labute approximate surface area is 97.1 Å². The van der Waals surface area contributed by atoms with Crippen LogP contribution in [0.2, 0.25) is 0 Å². The second-order valence-corrected chi connectivity index (χ2v) is 4.54. The first-order valence-corrected chi connectivity index (χ1v) is 6.24. The van der Waals surface area contributed by atoms with Gasteiger partial charge in [-0.05, 0) is 38.0 Å². The summed E-state index contributed by atoms with van der Waals surface area (Å²) in [6.45, 7) is 3.46. The van der Waals surface area contributed by atoms with Crippen molar-refractivity contribution in [2.75, 3.05) is 26.3 Å². The Morgan fingerprint density at radius 2 is 1.81 bits per heavy atom. The molecule has 2 aliphatic rings. The molecule has 0 aromatic heterocycles. The van der Waals surface area contributed by atoms with Crippen LogP contribution in [0.4, 0.5) is 0 Å². The van der Waals surface area contributed by atoms with Crippen LogP contribution in [0.25, 0.3) is 0 Å². The number of ether oxygens (including phenoxy) is 1. The van der Waals surface area contributed by atoms with Crippen molar-refractivity contribution in [2.24, 2.45) is 5.92 Å². The summed E-state index contributed by atoms with van der Waals surface area (Å²) in [6.07, 6.45) is 5.40. The highest BCUT2D eigenvalue weighted by Crippen LogP contribution is 2.15. The van der Waals surface area contributed by atoms with Gasteiger partial charge in [-0.15, -0.1) is 0 Å². The maximum Gasteiger partial charge on any atom is 0.210 e. The van der Waals surface area contributed by atoms with E-state index in [1.54, 1.807) is 0 Å². The summed E-state index contributed by atoms with van der Waals surface area (Å²) in [5.41, 5.74) is 0. The zero-order valence-corrected chi connectivity index (χ0v) is 9.71. The molecule has 0 saturated carbocycles. The van der Waals surface area contributed by atoms with Crippen LogP contribution in [0.1, 0.15) is 32.1 Å². The largest absolute Gasteiger partial charge is 0.381 e. The van der Waals surface area contributed by atoms with Crippen molar-refractivity contribution in [3.05, 3.63) is 0 Å². The van der Waals surface area contributed by atoms with E-state index in [-0.39, 0.29) is 11.7 Å². The molecule has 2 fully saturated rings. The molecular formula is C13H19NO2. The third-order valence-corrected chi connectivity index (χ3v) is 3.29. The number of Topliss-reactive ketones (excluding diaryl/α,β-unsaturated/α-hetero) is 1. The van der Waals surface area contributed by atoms with Crippen LogP contribution in [-0.2, 0) is 9.53 Å². The van der Waals surface area contributed by atoms with Crippen molar-refractivity contribution >= 4 is 5.78 Å². The van der Waals surface area contributed by atoms with Crippen molar-refractivity contribution in [2.45, 2.75) is 32.1 Å². The van der Waals surface area contributed by atoms with Gasteiger partial charge in [0, 0.05) is 38.3 Å². The van der Waals surface area contributed by atoms with Crippen molar-refractivity contribution in [3.63, 3.8) is 0 Å². The van der Waals surface area contributed by atoms with E-state index in [2.05, 4.69) is 16.9 Å². The van der Waals surface area contributed by atoms with Gasteiger partial charge in [0.15, 0.2) is 0 Å². The van der Waals surface area contributed by atoms with E-state index in [0.29, 0.717) is 13.2 Å². The summed E-state index contributed by atoms with van der Waals surface area (Å²) >= 11 is 0. The predicted octanol–water partition coefficient (Wildman–Crippen LogP) is 1.43. The van der Waals surface area contributed by atoms with Crippen LogP contribution in [-0.4, -0.2) is 37.0 Å². The number of hydrogen-bond donors (Lipinski definition) is 0. The second-order valence-electron chi connectivity index (χ2n) is 4.54. The summed E-state index contributed by atoms with van der Waals surface area (Å²) in [7, 11) is 0. The van der Waals surface area contributed by atoms with Crippen LogP contribution in [0.5, 0.6) is 0 Å². The van der Waals surface area contributed by atoms with Crippen LogP contribution >= 0.6 is 0 Å². The van der Waals surface area contributed by atoms with E-state index in [0.717, 1.165) is 25.9 Å². The monoisotopic (exact) mass is 221 g/mol. The molecule has 0 N–H and O–H groups in total. The van der Waals surface area contributed by atoms with Gasteiger partial charge < -0.3 is 9.64 Å². The SMILES string of the molecule is O=C(C#CN1CCCCC1)C1CCOCC1. The van der Waals surface area contributed by atoms with E-state index in [1.165, 1.54) is 19.3 Å². The lowest BCUT2D eigenvalue weighted by atomic mass is 9.96. The van der Waals surface area contributed by atoms with E-state index in [1.807, 2.05) is 0 Å². The third kappa shape index (κ3) is 3.24. The number of carbonyl (C=O) groups excluding carboxylic acids is 1. The lowest BCUT2D eigenvalue weighted by molar-refractivity contribution is -0.120. The fourth-order valence-corrected chi connectivity index (χ4v) is 2.20. The van der Waals surface area contributed by atoms with Crippen molar-refractivity contribution in [1.82, 2.24) is 4.90 Å². The number of likely N-dealkylation sites (tertiary alicyclic amines) is 1. The summed E-state index contributed by atoms with van der Waals surface area (Å²) in [4.78, 5) is 13.9. The molecule has 2 aliphatic heterocycles. The standard InChI is InChI=1S/C13H19NO2/c15-13(12-5-10-16-11-6-12)4-9-14-7-2-1-3-8-14/h12H,1-3,5-8,10-11H2. The number of rotatable bonds is 1. The minimum absolute atomic E-state index is 0.105. The Morgan fingerprint density at radius 1 is 1.12 bits per heavy atom. The molecule has 3 heteroatoms. The number of piperidine rings is 1. The van der Waals surface area contributed by atoms with Gasteiger partial charge >= 0.3 is 0 Å². The molecule has 3 nitrogen and oxygen atoms in total. The van der Waals surface area contributed by atoms with E-state index >= 15 is 0 Å². The summed E-state index contributed by atoms with van der Waals surface area (Å²) in [5.74, 6) is 3.03. The lowest BCUT2D eigenvalue weighted by Crippen LogP contribution is -2.26. The molecular weight excluding hydrogens is 202 g/mol. The molecule has 0 aliphatic carbocycles. The van der Waals surface area contributed by atoms with Gasteiger partial charge in [-0.3, -0.25) is 4.79 Å². The molecule has 0 bridgehead atoms. The van der Waals surface area contributed by atoms with Gasteiger partial charge in [-0.1, -0.05) is 0 Å². The molecule has 0 aromatic carbocycles. The highest BCUT2D eigenvalue weighted by Gasteiger charge is 2.20. The zero-order valence-electron chi connectivity index (χ0n) is 9.71.